The summed E-state index contributed by atoms with van der Waals surface area (Å²) in [5.41, 5.74) is 8.39. The van der Waals surface area contributed by atoms with Crippen LogP contribution in [0.1, 0.15) is 21.9 Å². The molecule has 3 aromatic rings. The molecule has 8 heteroatoms. The van der Waals surface area contributed by atoms with Crippen molar-refractivity contribution in [1.29, 1.82) is 0 Å². The summed E-state index contributed by atoms with van der Waals surface area (Å²) in [6.45, 7) is 2.33. The summed E-state index contributed by atoms with van der Waals surface area (Å²) in [4.78, 5) is 26.4. The summed E-state index contributed by atoms with van der Waals surface area (Å²) in [6, 6.07) is 23.9. The lowest BCUT2D eigenvalue weighted by Gasteiger charge is -2.26. The highest BCUT2D eigenvalue weighted by atomic mass is 32.2. The SMILES string of the molecule is O=C(CSC1c2ccccc2-c2ccccc21)N/N=C/c1ccc(OCC(=O)N2CCOCC2)cc1. The molecule has 36 heavy (non-hydrogen) atoms. The minimum Gasteiger partial charge on any atom is -0.484 e. The largest absolute Gasteiger partial charge is 0.484 e. The number of carbonyl (C=O) groups is 2. The third-order valence-corrected chi connectivity index (χ3v) is 7.44. The standard InChI is InChI=1S/C28H27N3O4S/c32-26(19-36-28-24-7-3-1-5-22(24)23-6-2-4-8-25(23)28)30-29-17-20-9-11-21(12-10-20)35-18-27(33)31-13-15-34-16-14-31/h1-12,17,28H,13-16,18-19H2,(H,30,32)/b29-17+. The fourth-order valence-corrected chi connectivity index (χ4v) is 5.51. The zero-order chi connectivity index (χ0) is 24.7. The number of hydrazone groups is 1. The Balaban J connectivity index is 1.09. The van der Waals surface area contributed by atoms with Crippen molar-refractivity contribution in [2.75, 3.05) is 38.7 Å². The monoisotopic (exact) mass is 501 g/mol. The van der Waals surface area contributed by atoms with Gasteiger partial charge in [0.15, 0.2) is 6.61 Å². The molecule has 0 saturated carbocycles. The molecular weight excluding hydrogens is 474 g/mol. The van der Waals surface area contributed by atoms with Crippen molar-refractivity contribution < 1.29 is 19.1 Å². The van der Waals surface area contributed by atoms with Crippen molar-refractivity contribution in [3.63, 3.8) is 0 Å². The quantitative estimate of drug-likeness (QED) is 0.374. The number of thioether (sulfide) groups is 1. The highest BCUT2D eigenvalue weighted by molar-refractivity contribution is 8.00. The van der Waals surface area contributed by atoms with Gasteiger partial charge in [0, 0.05) is 13.1 Å². The first kappa shape index (κ1) is 24.1. The fraction of sp³-hybridized carbons (Fsp3) is 0.250. The van der Waals surface area contributed by atoms with Gasteiger partial charge < -0.3 is 14.4 Å². The third-order valence-electron chi connectivity index (χ3n) is 6.17. The van der Waals surface area contributed by atoms with Crippen LogP contribution in [-0.2, 0) is 14.3 Å². The number of nitrogens with zero attached hydrogens (tertiary/aromatic N) is 2. The number of carbonyl (C=O) groups excluding carboxylic acids is 2. The normalized spacial score (nSPS) is 14.9. The molecule has 1 aliphatic heterocycles. The van der Waals surface area contributed by atoms with Crippen molar-refractivity contribution in [3.05, 3.63) is 89.5 Å². The molecule has 3 aromatic carbocycles. The van der Waals surface area contributed by atoms with E-state index in [0.717, 1.165) is 5.56 Å². The highest BCUT2D eigenvalue weighted by Crippen LogP contribution is 2.49. The van der Waals surface area contributed by atoms with E-state index in [-0.39, 0.29) is 23.7 Å². The van der Waals surface area contributed by atoms with Gasteiger partial charge in [0.05, 0.1) is 30.4 Å². The molecular formula is C28H27N3O4S. The average Bonchev–Trinajstić information content (AvgIpc) is 3.25. The number of morpholine rings is 1. The maximum atomic E-state index is 12.4. The van der Waals surface area contributed by atoms with Gasteiger partial charge in [0.25, 0.3) is 5.91 Å². The Morgan fingerprint density at radius 2 is 1.61 bits per heavy atom. The van der Waals surface area contributed by atoms with Gasteiger partial charge in [0.1, 0.15) is 5.75 Å². The van der Waals surface area contributed by atoms with E-state index < -0.39 is 0 Å². The van der Waals surface area contributed by atoms with E-state index >= 15 is 0 Å². The molecule has 2 aliphatic rings. The number of amides is 2. The maximum absolute atomic E-state index is 12.4. The number of hydrogen-bond donors (Lipinski definition) is 1. The number of benzene rings is 3. The molecule has 5 rings (SSSR count). The highest BCUT2D eigenvalue weighted by Gasteiger charge is 2.28. The van der Waals surface area contributed by atoms with Crippen molar-refractivity contribution in [3.8, 4) is 16.9 Å². The molecule has 1 heterocycles. The van der Waals surface area contributed by atoms with Crippen LogP contribution in [0, 0.1) is 0 Å². The topological polar surface area (TPSA) is 80.2 Å². The Labute approximate surface area is 214 Å². The van der Waals surface area contributed by atoms with Crippen molar-refractivity contribution >= 4 is 29.8 Å². The molecule has 1 fully saturated rings. The molecule has 0 radical (unpaired) electrons. The lowest BCUT2D eigenvalue weighted by Crippen LogP contribution is -2.42. The Morgan fingerprint density at radius 1 is 0.972 bits per heavy atom. The summed E-state index contributed by atoms with van der Waals surface area (Å²) >= 11 is 1.60. The van der Waals surface area contributed by atoms with Gasteiger partial charge in [-0.05, 0) is 52.1 Å². The first-order valence-corrected chi connectivity index (χ1v) is 12.9. The number of fused-ring (bicyclic) bond motifs is 3. The van der Waals surface area contributed by atoms with Gasteiger partial charge in [-0.3, -0.25) is 9.59 Å². The predicted molar refractivity (Wildman–Crippen MR) is 141 cm³/mol. The Hall–Kier alpha value is -3.62. The Morgan fingerprint density at radius 3 is 2.28 bits per heavy atom. The molecule has 7 nitrogen and oxygen atoms in total. The van der Waals surface area contributed by atoms with E-state index in [4.69, 9.17) is 9.47 Å². The lowest BCUT2D eigenvalue weighted by molar-refractivity contribution is -0.137. The van der Waals surface area contributed by atoms with Crippen molar-refractivity contribution in [1.82, 2.24) is 10.3 Å². The van der Waals surface area contributed by atoms with Crippen LogP contribution < -0.4 is 10.2 Å². The molecule has 1 aliphatic carbocycles. The molecule has 0 spiro atoms. The second-order valence-corrected chi connectivity index (χ2v) is 9.60. The minimum atomic E-state index is -0.153. The molecule has 1 N–H and O–H groups in total. The molecule has 0 atom stereocenters. The molecule has 184 valence electrons. The zero-order valence-corrected chi connectivity index (χ0v) is 20.6. The van der Waals surface area contributed by atoms with Crippen LogP contribution in [0.25, 0.3) is 11.1 Å². The average molecular weight is 502 g/mol. The van der Waals surface area contributed by atoms with E-state index in [9.17, 15) is 9.59 Å². The summed E-state index contributed by atoms with van der Waals surface area (Å²) < 4.78 is 10.9. The van der Waals surface area contributed by atoms with Crippen LogP contribution in [0.2, 0.25) is 0 Å². The Bertz CT molecular complexity index is 1210. The number of ether oxygens (including phenoxy) is 2. The second kappa shape index (κ2) is 11.4. The number of nitrogens with one attached hydrogen (secondary N) is 1. The van der Waals surface area contributed by atoms with Crippen LogP contribution in [0.4, 0.5) is 0 Å². The maximum Gasteiger partial charge on any atom is 0.260 e. The van der Waals surface area contributed by atoms with Crippen molar-refractivity contribution in [2.45, 2.75) is 5.25 Å². The van der Waals surface area contributed by atoms with E-state index in [1.165, 1.54) is 22.3 Å². The minimum absolute atomic E-state index is 0.00287. The molecule has 0 bridgehead atoms. The first-order chi connectivity index (χ1) is 17.7. The van der Waals surface area contributed by atoms with E-state index in [1.54, 1.807) is 35.0 Å². The summed E-state index contributed by atoms with van der Waals surface area (Å²) in [5, 5.41) is 4.22. The molecule has 0 unspecified atom stereocenters. The predicted octanol–water partition coefficient (Wildman–Crippen LogP) is 3.88. The first-order valence-electron chi connectivity index (χ1n) is 11.9. The van der Waals surface area contributed by atoms with E-state index in [0.29, 0.717) is 37.8 Å². The van der Waals surface area contributed by atoms with E-state index in [2.05, 4.69) is 34.8 Å². The van der Waals surface area contributed by atoms with Crippen LogP contribution in [0.5, 0.6) is 5.75 Å². The molecule has 2 amide bonds. The fourth-order valence-electron chi connectivity index (χ4n) is 4.36. The van der Waals surface area contributed by atoms with Crippen LogP contribution >= 0.6 is 11.8 Å². The van der Waals surface area contributed by atoms with Crippen molar-refractivity contribution in [2.24, 2.45) is 5.10 Å². The van der Waals surface area contributed by atoms with Crippen LogP contribution in [0.15, 0.2) is 77.9 Å². The smallest absolute Gasteiger partial charge is 0.260 e. The van der Waals surface area contributed by atoms with Crippen LogP contribution in [-0.4, -0.2) is 61.6 Å². The van der Waals surface area contributed by atoms with Gasteiger partial charge in [-0.1, -0.05) is 48.5 Å². The van der Waals surface area contributed by atoms with Gasteiger partial charge >= 0.3 is 0 Å². The summed E-state index contributed by atoms with van der Waals surface area (Å²) in [7, 11) is 0. The number of hydrogen-bond acceptors (Lipinski definition) is 6. The van der Waals surface area contributed by atoms with E-state index in [1.807, 2.05) is 36.4 Å². The van der Waals surface area contributed by atoms with Gasteiger partial charge in [-0.25, -0.2) is 5.43 Å². The number of rotatable bonds is 8. The van der Waals surface area contributed by atoms with Gasteiger partial charge in [-0.2, -0.15) is 5.10 Å². The molecule has 0 aromatic heterocycles. The van der Waals surface area contributed by atoms with Gasteiger partial charge in [-0.15, -0.1) is 11.8 Å². The summed E-state index contributed by atoms with van der Waals surface area (Å²) in [5.74, 6) is 0.703. The second-order valence-electron chi connectivity index (χ2n) is 8.51. The molecule has 1 saturated heterocycles. The third kappa shape index (κ3) is 5.61. The summed E-state index contributed by atoms with van der Waals surface area (Å²) in [6.07, 6.45) is 1.59. The van der Waals surface area contributed by atoms with Crippen LogP contribution in [0.3, 0.4) is 0 Å². The lowest BCUT2D eigenvalue weighted by atomic mass is 10.1. The zero-order valence-electron chi connectivity index (χ0n) is 19.8. The Kier molecular flexibility index (Phi) is 7.64. The van der Waals surface area contributed by atoms with Gasteiger partial charge in [0.2, 0.25) is 5.91 Å².